The van der Waals surface area contributed by atoms with Crippen molar-refractivity contribution in [3.8, 4) is 5.82 Å². The number of nitrogen functional groups attached to an aromatic ring is 1. The van der Waals surface area contributed by atoms with Crippen molar-refractivity contribution >= 4 is 23.6 Å². The van der Waals surface area contributed by atoms with E-state index in [0.717, 1.165) is 5.56 Å². The molecular weight excluding hydrogens is 226 g/mol. The van der Waals surface area contributed by atoms with Crippen LogP contribution in [0.1, 0.15) is 5.56 Å². The van der Waals surface area contributed by atoms with Crippen LogP contribution >= 0.6 is 11.6 Å². The van der Waals surface area contributed by atoms with E-state index in [-0.39, 0.29) is 0 Å². The topological polar surface area (TPSA) is 69.1 Å². The van der Waals surface area contributed by atoms with Crippen molar-refractivity contribution in [2.24, 2.45) is 4.99 Å². The fourth-order valence-electron chi connectivity index (χ4n) is 1.31. The summed E-state index contributed by atoms with van der Waals surface area (Å²) < 4.78 is 1.49. The van der Waals surface area contributed by atoms with Crippen LogP contribution in [0.2, 0.25) is 5.02 Å². The Labute approximate surface area is 97.6 Å². The Bertz CT molecular complexity index is 532. The summed E-state index contributed by atoms with van der Waals surface area (Å²) in [5.74, 6) is 0.976. The van der Waals surface area contributed by atoms with Crippen LogP contribution in [0.3, 0.4) is 0 Å². The van der Waals surface area contributed by atoms with Crippen molar-refractivity contribution < 1.29 is 0 Å². The predicted octanol–water partition coefficient (Wildman–Crippen LogP) is 1.55. The van der Waals surface area contributed by atoms with E-state index < -0.39 is 0 Å². The van der Waals surface area contributed by atoms with E-state index in [9.17, 15) is 0 Å². The maximum Gasteiger partial charge on any atom is 0.174 e. The largest absolute Gasteiger partial charge is 0.383 e. The second kappa shape index (κ2) is 4.32. The van der Waals surface area contributed by atoms with Crippen LogP contribution in [-0.4, -0.2) is 28.0 Å². The van der Waals surface area contributed by atoms with Gasteiger partial charge in [-0.2, -0.15) is 9.78 Å². The van der Waals surface area contributed by atoms with Crippen molar-refractivity contribution in [3.05, 3.63) is 35.1 Å². The number of aromatic nitrogens is 3. The van der Waals surface area contributed by atoms with Gasteiger partial charge < -0.3 is 5.73 Å². The van der Waals surface area contributed by atoms with Crippen molar-refractivity contribution in [3.63, 3.8) is 0 Å². The van der Waals surface area contributed by atoms with E-state index in [0.29, 0.717) is 16.7 Å². The molecule has 2 aromatic rings. The molecule has 0 spiro atoms. The van der Waals surface area contributed by atoms with Crippen LogP contribution in [0.5, 0.6) is 0 Å². The lowest BCUT2D eigenvalue weighted by atomic mass is 10.3. The number of rotatable bonds is 2. The van der Waals surface area contributed by atoms with Crippen LogP contribution in [-0.2, 0) is 0 Å². The molecule has 2 rings (SSSR count). The van der Waals surface area contributed by atoms with Crippen molar-refractivity contribution in [1.29, 1.82) is 0 Å². The Morgan fingerprint density at radius 3 is 3.06 bits per heavy atom. The summed E-state index contributed by atoms with van der Waals surface area (Å²) in [6.07, 6.45) is 4.89. The number of nitrogens with zero attached hydrogens (tertiary/aromatic N) is 4. The van der Waals surface area contributed by atoms with Gasteiger partial charge in [-0.1, -0.05) is 11.6 Å². The molecule has 0 unspecified atom stereocenters. The highest BCUT2D eigenvalue weighted by molar-refractivity contribution is 6.32. The number of halogens is 1. The summed E-state index contributed by atoms with van der Waals surface area (Å²) in [7, 11) is 1.67. The number of nitrogens with two attached hydrogens (primary N) is 1. The third-order valence-corrected chi connectivity index (χ3v) is 2.34. The Morgan fingerprint density at radius 2 is 2.38 bits per heavy atom. The molecule has 2 heterocycles. The molecule has 0 aromatic carbocycles. The zero-order valence-electron chi connectivity index (χ0n) is 8.63. The number of hydrogen-bond donors (Lipinski definition) is 1. The van der Waals surface area contributed by atoms with Gasteiger partial charge in [0.1, 0.15) is 5.82 Å². The third-order valence-electron chi connectivity index (χ3n) is 2.04. The number of pyridine rings is 1. The molecule has 2 aromatic heterocycles. The molecule has 0 aliphatic heterocycles. The van der Waals surface area contributed by atoms with E-state index in [1.54, 1.807) is 37.8 Å². The molecule has 6 heteroatoms. The molecule has 2 N–H and O–H groups in total. The van der Waals surface area contributed by atoms with E-state index in [2.05, 4.69) is 15.1 Å². The fourth-order valence-corrected chi connectivity index (χ4v) is 1.51. The second-order valence-electron chi connectivity index (χ2n) is 3.09. The minimum absolute atomic E-state index is 0.464. The van der Waals surface area contributed by atoms with E-state index >= 15 is 0 Å². The summed E-state index contributed by atoms with van der Waals surface area (Å²) in [6, 6.07) is 3.48. The van der Waals surface area contributed by atoms with Gasteiger partial charge in [-0.3, -0.25) is 4.99 Å². The Balaban J connectivity index is 2.54. The van der Waals surface area contributed by atoms with Gasteiger partial charge in [-0.05, 0) is 12.1 Å². The molecule has 0 radical (unpaired) electrons. The molecule has 0 saturated heterocycles. The molecule has 0 atom stereocenters. The molecule has 16 heavy (non-hydrogen) atoms. The van der Waals surface area contributed by atoms with Crippen LogP contribution in [0, 0.1) is 0 Å². The average Bonchev–Trinajstić information content (AvgIpc) is 2.62. The molecule has 5 nitrogen and oxygen atoms in total. The number of aliphatic imine (C=N–C) groups is 1. The number of anilines is 1. The molecule has 0 aliphatic rings. The second-order valence-corrected chi connectivity index (χ2v) is 3.50. The highest BCUT2D eigenvalue weighted by Crippen LogP contribution is 2.20. The van der Waals surface area contributed by atoms with E-state index in [4.69, 9.17) is 17.3 Å². The van der Waals surface area contributed by atoms with Gasteiger partial charge in [0, 0.05) is 19.5 Å². The van der Waals surface area contributed by atoms with Crippen LogP contribution in [0.4, 0.5) is 5.82 Å². The van der Waals surface area contributed by atoms with Crippen molar-refractivity contribution in [2.75, 3.05) is 12.8 Å². The SMILES string of the molecule is CN=Cc1cnn(-c2ncccc2Cl)c1N. The van der Waals surface area contributed by atoms with Gasteiger partial charge in [0.2, 0.25) is 0 Å². The minimum Gasteiger partial charge on any atom is -0.383 e. The number of hydrogen-bond acceptors (Lipinski definition) is 4. The van der Waals surface area contributed by atoms with Gasteiger partial charge >= 0.3 is 0 Å². The first-order chi connectivity index (χ1) is 7.74. The van der Waals surface area contributed by atoms with Crippen molar-refractivity contribution in [1.82, 2.24) is 14.8 Å². The molecule has 0 amide bonds. The lowest BCUT2D eigenvalue weighted by molar-refractivity contribution is 0.857. The van der Waals surface area contributed by atoms with Gasteiger partial charge in [0.15, 0.2) is 5.82 Å². The summed E-state index contributed by atoms with van der Waals surface area (Å²) in [5, 5.41) is 4.62. The molecular formula is C10H10ClN5. The minimum atomic E-state index is 0.464. The lowest BCUT2D eigenvalue weighted by Gasteiger charge is -2.04. The molecule has 0 saturated carbocycles. The monoisotopic (exact) mass is 235 g/mol. The first-order valence-corrected chi connectivity index (χ1v) is 4.98. The zero-order chi connectivity index (χ0) is 11.5. The summed E-state index contributed by atoms with van der Waals surface area (Å²) in [4.78, 5) is 8.01. The molecule has 0 fully saturated rings. The normalized spacial score (nSPS) is 11.1. The van der Waals surface area contributed by atoms with E-state index in [1.165, 1.54) is 4.68 Å². The summed E-state index contributed by atoms with van der Waals surface area (Å²) in [6.45, 7) is 0. The lowest BCUT2D eigenvalue weighted by Crippen LogP contribution is -2.05. The van der Waals surface area contributed by atoms with Gasteiger partial charge in [-0.25, -0.2) is 4.98 Å². The first-order valence-electron chi connectivity index (χ1n) is 4.60. The van der Waals surface area contributed by atoms with Crippen LogP contribution in [0.25, 0.3) is 5.82 Å². The van der Waals surface area contributed by atoms with E-state index in [1.807, 2.05) is 0 Å². The Kier molecular flexibility index (Phi) is 2.87. The van der Waals surface area contributed by atoms with Gasteiger partial charge in [0.25, 0.3) is 0 Å². The predicted molar refractivity (Wildman–Crippen MR) is 64.3 cm³/mol. The Morgan fingerprint density at radius 1 is 1.56 bits per heavy atom. The molecule has 0 aliphatic carbocycles. The molecule has 0 bridgehead atoms. The molecule has 82 valence electrons. The maximum absolute atomic E-state index is 6.00. The Hall–Kier alpha value is -1.88. The average molecular weight is 236 g/mol. The summed E-state index contributed by atoms with van der Waals surface area (Å²) in [5.41, 5.74) is 6.64. The highest BCUT2D eigenvalue weighted by atomic mass is 35.5. The zero-order valence-corrected chi connectivity index (χ0v) is 9.39. The fraction of sp³-hybridized carbons (Fsp3) is 0.100. The van der Waals surface area contributed by atoms with Gasteiger partial charge in [0.05, 0.1) is 16.8 Å². The maximum atomic E-state index is 6.00. The third kappa shape index (κ3) is 1.77. The van der Waals surface area contributed by atoms with Gasteiger partial charge in [-0.15, -0.1) is 0 Å². The summed E-state index contributed by atoms with van der Waals surface area (Å²) >= 11 is 6.00. The van der Waals surface area contributed by atoms with Crippen LogP contribution in [0.15, 0.2) is 29.5 Å². The van der Waals surface area contributed by atoms with Crippen LogP contribution < -0.4 is 5.73 Å². The smallest absolute Gasteiger partial charge is 0.174 e. The highest BCUT2D eigenvalue weighted by Gasteiger charge is 2.10. The first kappa shape index (κ1) is 10.6. The standard InChI is InChI=1S/C10H10ClN5/c1-13-5-7-6-15-16(9(7)12)10-8(11)3-2-4-14-10/h2-6H,12H2,1H3. The van der Waals surface area contributed by atoms with Crippen molar-refractivity contribution in [2.45, 2.75) is 0 Å². The quantitative estimate of drug-likeness (QED) is 0.803.